The van der Waals surface area contributed by atoms with Crippen molar-refractivity contribution in [3.8, 4) is 0 Å². The smallest absolute Gasteiger partial charge is 0.255 e. The molecule has 0 aromatic heterocycles. The number of nitrogens with one attached hydrogen (secondary N) is 3. The van der Waals surface area contributed by atoms with Crippen LogP contribution in [0, 0.1) is 0 Å². The van der Waals surface area contributed by atoms with Crippen molar-refractivity contribution in [1.29, 1.82) is 0 Å². The molecule has 0 radical (unpaired) electrons. The van der Waals surface area contributed by atoms with Gasteiger partial charge in [0.15, 0.2) is 0 Å². The van der Waals surface area contributed by atoms with E-state index in [2.05, 4.69) is 16.0 Å². The Morgan fingerprint density at radius 1 is 0.885 bits per heavy atom. The van der Waals surface area contributed by atoms with Crippen LogP contribution in [0.5, 0.6) is 0 Å². The highest BCUT2D eigenvalue weighted by Gasteiger charge is 2.22. The fraction of sp³-hybridized carbons (Fsp3) is 0.250. The molecule has 6 heteroatoms. The van der Waals surface area contributed by atoms with E-state index in [1.807, 2.05) is 6.07 Å². The van der Waals surface area contributed by atoms with Gasteiger partial charge in [-0.25, -0.2) is 0 Å². The number of carbonyl (C=O) groups is 3. The van der Waals surface area contributed by atoms with Crippen LogP contribution >= 0.6 is 0 Å². The highest BCUT2D eigenvalue weighted by Crippen LogP contribution is 2.13. The first-order valence-electron chi connectivity index (χ1n) is 8.68. The lowest BCUT2D eigenvalue weighted by molar-refractivity contribution is -0.122. The van der Waals surface area contributed by atoms with E-state index in [4.69, 9.17) is 0 Å². The van der Waals surface area contributed by atoms with Gasteiger partial charge in [-0.2, -0.15) is 0 Å². The fourth-order valence-electron chi connectivity index (χ4n) is 2.82. The van der Waals surface area contributed by atoms with Crippen molar-refractivity contribution in [3.05, 3.63) is 65.7 Å². The first kappa shape index (κ1) is 17.7. The first-order chi connectivity index (χ1) is 12.6. The molecule has 1 saturated heterocycles. The average Bonchev–Trinajstić information content (AvgIpc) is 2.87. The summed E-state index contributed by atoms with van der Waals surface area (Å²) in [5.41, 5.74) is 1.61. The van der Waals surface area contributed by atoms with Gasteiger partial charge in [-0.05, 0) is 55.7 Å². The maximum absolute atomic E-state index is 12.3. The van der Waals surface area contributed by atoms with Crippen molar-refractivity contribution in [2.45, 2.75) is 25.3 Å². The second-order valence-electron chi connectivity index (χ2n) is 6.21. The highest BCUT2D eigenvalue weighted by atomic mass is 16.2. The summed E-state index contributed by atoms with van der Waals surface area (Å²) in [6, 6.07) is 15.0. The highest BCUT2D eigenvalue weighted by molar-refractivity contribution is 6.04. The third kappa shape index (κ3) is 4.47. The number of hydrogen-bond donors (Lipinski definition) is 3. The van der Waals surface area contributed by atoms with E-state index in [1.54, 1.807) is 48.5 Å². The van der Waals surface area contributed by atoms with Crippen molar-refractivity contribution < 1.29 is 14.4 Å². The molecule has 0 spiro atoms. The van der Waals surface area contributed by atoms with Crippen LogP contribution in [0.4, 0.5) is 5.69 Å². The Balaban J connectivity index is 1.60. The predicted molar refractivity (Wildman–Crippen MR) is 99.0 cm³/mol. The minimum atomic E-state index is -0.498. The van der Waals surface area contributed by atoms with Crippen molar-refractivity contribution in [2.24, 2.45) is 0 Å². The molecule has 3 rings (SSSR count). The number of carbonyl (C=O) groups excluding carboxylic acids is 3. The number of hydrogen-bond acceptors (Lipinski definition) is 3. The van der Waals surface area contributed by atoms with Gasteiger partial charge in [0, 0.05) is 23.4 Å². The quantitative estimate of drug-likeness (QED) is 0.790. The van der Waals surface area contributed by atoms with Crippen LogP contribution in [0.25, 0.3) is 0 Å². The molecule has 3 N–H and O–H groups in total. The van der Waals surface area contributed by atoms with E-state index in [0.29, 0.717) is 29.8 Å². The summed E-state index contributed by atoms with van der Waals surface area (Å²) in [5.74, 6) is -0.645. The van der Waals surface area contributed by atoms with Gasteiger partial charge in [0.25, 0.3) is 11.8 Å². The van der Waals surface area contributed by atoms with Crippen LogP contribution < -0.4 is 16.0 Å². The van der Waals surface area contributed by atoms with Gasteiger partial charge in [0.05, 0.1) is 0 Å². The van der Waals surface area contributed by atoms with E-state index < -0.39 is 6.04 Å². The van der Waals surface area contributed by atoms with Crippen molar-refractivity contribution in [2.75, 3.05) is 11.9 Å². The SMILES string of the molecule is O=C(Nc1ccc(C(=O)NC2CCCCNC2=O)cc1)c1ccccc1. The summed E-state index contributed by atoms with van der Waals surface area (Å²) in [6.45, 7) is 0.654. The second-order valence-corrected chi connectivity index (χ2v) is 6.21. The molecule has 1 aliphatic rings. The zero-order chi connectivity index (χ0) is 18.4. The van der Waals surface area contributed by atoms with E-state index in [9.17, 15) is 14.4 Å². The number of amides is 3. The van der Waals surface area contributed by atoms with Gasteiger partial charge in [-0.15, -0.1) is 0 Å². The third-order valence-corrected chi connectivity index (χ3v) is 4.28. The maximum atomic E-state index is 12.3. The summed E-state index contributed by atoms with van der Waals surface area (Å²) < 4.78 is 0. The minimum absolute atomic E-state index is 0.136. The van der Waals surface area contributed by atoms with E-state index in [-0.39, 0.29) is 17.7 Å². The lowest BCUT2D eigenvalue weighted by Gasteiger charge is -2.15. The molecule has 2 aromatic carbocycles. The molecule has 1 fully saturated rings. The van der Waals surface area contributed by atoms with Gasteiger partial charge >= 0.3 is 0 Å². The normalized spacial score (nSPS) is 16.9. The molecule has 1 heterocycles. The monoisotopic (exact) mass is 351 g/mol. The number of benzene rings is 2. The lowest BCUT2D eigenvalue weighted by Crippen LogP contribution is -2.45. The van der Waals surface area contributed by atoms with Crippen LogP contribution in [0.1, 0.15) is 40.0 Å². The molecule has 0 aliphatic carbocycles. The largest absolute Gasteiger partial charge is 0.354 e. The van der Waals surface area contributed by atoms with Crippen LogP contribution in [-0.2, 0) is 4.79 Å². The minimum Gasteiger partial charge on any atom is -0.354 e. The van der Waals surface area contributed by atoms with Gasteiger partial charge in [0.1, 0.15) is 6.04 Å². The van der Waals surface area contributed by atoms with Crippen LogP contribution in [0.15, 0.2) is 54.6 Å². The molecule has 1 atom stereocenters. The lowest BCUT2D eigenvalue weighted by atomic mass is 10.1. The summed E-state index contributed by atoms with van der Waals surface area (Å²) >= 11 is 0. The van der Waals surface area contributed by atoms with Gasteiger partial charge < -0.3 is 16.0 Å². The first-order valence-corrected chi connectivity index (χ1v) is 8.68. The second kappa shape index (κ2) is 8.29. The van der Waals surface area contributed by atoms with Crippen LogP contribution in [-0.4, -0.2) is 30.3 Å². The van der Waals surface area contributed by atoms with Gasteiger partial charge in [-0.1, -0.05) is 18.2 Å². The van der Waals surface area contributed by atoms with Crippen LogP contribution in [0.3, 0.4) is 0 Å². The maximum Gasteiger partial charge on any atom is 0.255 e. The molecule has 3 amide bonds. The summed E-state index contributed by atoms with van der Waals surface area (Å²) in [6.07, 6.45) is 2.46. The molecule has 0 bridgehead atoms. The fourth-order valence-corrected chi connectivity index (χ4v) is 2.82. The topological polar surface area (TPSA) is 87.3 Å². The van der Waals surface area contributed by atoms with Crippen LogP contribution in [0.2, 0.25) is 0 Å². The van der Waals surface area contributed by atoms with Crippen molar-refractivity contribution >= 4 is 23.4 Å². The molecular weight excluding hydrogens is 330 g/mol. The molecule has 0 saturated carbocycles. The van der Waals surface area contributed by atoms with E-state index in [0.717, 1.165) is 12.8 Å². The predicted octanol–water partition coefficient (Wildman–Crippen LogP) is 2.34. The Labute approximate surface area is 152 Å². The van der Waals surface area contributed by atoms with E-state index in [1.165, 1.54) is 0 Å². The average molecular weight is 351 g/mol. The molecule has 134 valence electrons. The van der Waals surface area contributed by atoms with Gasteiger partial charge in [0.2, 0.25) is 5.91 Å². The number of anilines is 1. The summed E-state index contributed by atoms with van der Waals surface area (Å²) in [7, 11) is 0. The van der Waals surface area contributed by atoms with Gasteiger partial charge in [-0.3, -0.25) is 14.4 Å². The van der Waals surface area contributed by atoms with Crippen molar-refractivity contribution in [1.82, 2.24) is 10.6 Å². The Bertz CT molecular complexity index is 788. The molecule has 6 nitrogen and oxygen atoms in total. The molecule has 2 aromatic rings. The summed E-state index contributed by atoms with van der Waals surface area (Å²) in [5, 5.41) is 8.36. The Kier molecular flexibility index (Phi) is 5.63. The molecule has 1 unspecified atom stereocenters. The number of rotatable bonds is 4. The Morgan fingerprint density at radius 2 is 1.58 bits per heavy atom. The molecular formula is C20H21N3O3. The van der Waals surface area contributed by atoms with E-state index >= 15 is 0 Å². The Hall–Kier alpha value is -3.15. The molecule has 26 heavy (non-hydrogen) atoms. The third-order valence-electron chi connectivity index (χ3n) is 4.28. The molecule has 1 aliphatic heterocycles. The summed E-state index contributed by atoms with van der Waals surface area (Å²) in [4.78, 5) is 36.4. The zero-order valence-corrected chi connectivity index (χ0v) is 14.3. The standard InChI is InChI=1S/C20H21N3O3/c24-18(14-6-2-1-3-7-14)22-16-11-9-15(10-12-16)19(25)23-17-8-4-5-13-21-20(17)26/h1-3,6-7,9-12,17H,4-5,8,13H2,(H,21,26)(H,22,24)(H,23,25). The zero-order valence-electron chi connectivity index (χ0n) is 14.3. The van der Waals surface area contributed by atoms with Crippen molar-refractivity contribution in [3.63, 3.8) is 0 Å². The Morgan fingerprint density at radius 3 is 2.31 bits per heavy atom.